The summed E-state index contributed by atoms with van der Waals surface area (Å²) < 4.78 is 0. The second kappa shape index (κ2) is 7.22. The number of carboxylic acid groups (broad SMARTS) is 1. The number of aromatic nitrogens is 1. The van der Waals surface area contributed by atoms with Crippen molar-refractivity contribution in [3.63, 3.8) is 0 Å². The van der Waals surface area contributed by atoms with Crippen LogP contribution in [0.1, 0.15) is 28.5 Å². The van der Waals surface area contributed by atoms with Gasteiger partial charge in [0, 0.05) is 17.7 Å². The van der Waals surface area contributed by atoms with Crippen LogP contribution in [0.2, 0.25) is 0 Å². The van der Waals surface area contributed by atoms with E-state index in [0.29, 0.717) is 11.6 Å². The molecule has 1 aromatic rings. The zero-order valence-electron chi connectivity index (χ0n) is 10.1. The van der Waals surface area contributed by atoms with E-state index in [4.69, 9.17) is 5.11 Å². The van der Waals surface area contributed by atoms with E-state index in [1.165, 1.54) is 16.7 Å². The Morgan fingerprint density at radius 1 is 1.61 bits per heavy atom. The topological polar surface area (TPSA) is 91.3 Å². The molecule has 3 N–H and O–H groups in total. The Labute approximate surface area is 113 Å². The molecule has 1 atom stereocenters. The van der Waals surface area contributed by atoms with Crippen molar-refractivity contribution in [2.75, 3.05) is 18.6 Å². The summed E-state index contributed by atoms with van der Waals surface area (Å²) in [4.78, 5) is 26.1. The molecule has 0 bridgehead atoms. The number of nitrogens with one attached hydrogen (secondary N) is 2. The SMILES string of the molecule is CSCCNC(=O)NC(C)c1nc(C(=O)O)cs1. The van der Waals surface area contributed by atoms with Gasteiger partial charge in [0.2, 0.25) is 0 Å². The van der Waals surface area contributed by atoms with Crippen molar-refractivity contribution in [1.82, 2.24) is 15.6 Å². The summed E-state index contributed by atoms with van der Waals surface area (Å²) in [5.74, 6) is -0.212. The lowest BCUT2D eigenvalue weighted by atomic mass is 10.3. The number of thiazole rings is 1. The van der Waals surface area contributed by atoms with Crippen molar-refractivity contribution < 1.29 is 14.7 Å². The third-order valence-electron chi connectivity index (χ3n) is 2.05. The number of thioether (sulfide) groups is 1. The number of hydrogen-bond acceptors (Lipinski definition) is 5. The van der Waals surface area contributed by atoms with Crippen LogP contribution in [-0.4, -0.2) is 40.6 Å². The molecule has 0 aliphatic heterocycles. The van der Waals surface area contributed by atoms with Gasteiger partial charge in [0.25, 0.3) is 0 Å². The number of rotatable bonds is 6. The monoisotopic (exact) mass is 289 g/mol. The Hall–Kier alpha value is -1.28. The lowest BCUT2D eigenvalue weighted by Crippen LogP contribution is -2.38. The lowest BCUT2D eigenvalue weighted by molar-refractivity contribution is 0.0691. The molecule has 8 heteroatoms. The van der Waals surface area contributed by atoms with Crippen molar-refractivity contribution >= 4 is 35.1 Å². The Bertz CT molecular complexity index is 422. The predicted molar refractivity (Wildman–Crippen MR) is 72.4 cm³/mol. The van der Waals surface area contributed by atoms with E-state index in [2.05, 4.69) is 15.6 Å². The van der Waals surface area contributed by atoms with E-state index in [9.17, 15) is 9.59 Å². The first kappa shape index (κ1) is 14.8. The highest BCUT2D eigenvalue weighted by atomic mass is 32.2. The van der Waals surface area contributed by atoms with E-state index in [1.807, 2.05) is 6.26 Å². The fraction of sp³-hybridized carbons (Fsp3) is 0.500. The van der Waals surface area contributed by atoms with E-state index in [-0.39, 0.29) is 17.8 Å². The number of hydrogen-bond donors (Lipinski definition) is 3. The third kappa shape index (κ3) is 4.53. The van der Waals surface area contributed by atoms with Crippen LogP contribution in [0.25, 0.3) is 0 Å². The number of nitrogens with zero attached hydrogens (tertiary/aromatic N) is 1. The number of carbonyl (C=O) groups is 2. The van der Waals surface area contributed by atoms with Crippen molar-refractivity contribution in [1.29, 1.82) is 0 Å². The Morgan fingerprint density at radius 3 is 2.89 bits per heavy atom. The second-order valence-electron chi connectivity index (χ2n) is 3.49. The average Bonchev–Trinajstić information content (AvgIpc) is 2.78. The summed E-state index contributed by atoms with van der Waals surface area (Å²) in [6.45, 7) is 2.36. The van der Waals surface area contributed by atoms with Crippen molar-refractivity contribution in [2.45, 2.75) is 13.0 Å². The molecule has 18 heavy (non-hydrogen) atoms. The van der Waals surface area contributed by atoms with Crippen LogP contribution >= 0.6 is 23.1 Å². The summed E-state index contributed by atoms with van der Waals surface area (Å²) in [5.41, 5.74) is 0.00596. The summed E-state index contributed by atoms with van der Waals surface area (Å²) in [5, 5.41) is 16.2. The van der Waals surface area contributed by atoms with Crippen LogP contribution < -0.4 is 10.6 Å². The van der Waals surface area contributed by atoms with Crippen LogP contribution in [0.5, 0.6) is 0 Å². The number of carboxylic acids is 1. The van der Waals surface area contributed by atoms with Gasteiger partial charge in [-0.25, -0.2) is 14.6 Å². The minimum Gasteiger partial charge on any atom is -0.476 e. The fourth-order valence-electron chi connectivity index (χ4n) is 1.16. The van der Waals surface area contributed by atoms with Crippen LogP contribution in [0.4, 0.5) is 4.79 Å². The van der Waals surface area contributed by atoms with Gasteiger partial charge in [-0.2, -0.15) is 11.8 Å². The van der Waals surface area contributed by atoms with Gasteiger partial charge in [-0.1, -0.05) is 0 Å². The van der Waals surface area contributed by atoms with Gasteiger partial charge in [0.15, 0.2) is 5.69 Å². The standard InChI is InChI=1S/C10H15N3O3S2/c1-6(12-10(16)11-3-4-17-2)8-13-7(5-18-8)9(14)15/h5-6H,3-4H2,1-2H3,(H,14,15)(H2,11,12,16). The number of carbonyl (C=O) groups excluding carboxylic acids is 1. The van der Waals surface area contributed by atoms with Crippen LogP contribution in [-0.2, 0) is 0 Å². The molecular weight excluding hydrogens is 274 g/mol. The Kier molecular flexibility index (Phi) is 5.93. The molecule has 1 aromatic heterocycles. The van der Waals surface area contributed by atoms with Crippen LogP contribution in [0, 0.1) is 0 Å². The van der Waals surface area contributed by atoms with Gasteiger partial charge >= 0.3 is 12.0 Å². The van der Waals surface area contributed by atoms with Crippen molar-refractivity contribution in [3.05, 3.63) is 16.1 Å². The van der Waals surface area contributed by atoms with Gasteiger partial charge in [0.1, 0.15) is 5.01 Å². The molecule has 0 aromatic carbocycles. The highest BCUT2D eigenvalue weighted by Gasteiger charge is 2.15. The summed E-state index contributed by atoms with van der Waals surface area (Å²) in [6.07, 6.45) is 1.96. The smallest absolute Gasteiger partial charge is 0.355 e. The first-order valence-electron chi connectivity index (χ1n) is 5.26. The van der Waals surface area contributed by atoms with Gasteiger partial charge in [-0.05, 0) is 13.2 Å². The van der Waals surface area contributed by atoms with Gasteiger partial charge in [0.05, 0.1) is 6.04 Å². The van der Waals surface area contributed by atoms with Gasteiger partial charge in [-0.3, -0.25) is 0 Å². The molecule has 0 saturated heterocycles. The average molecular weight is 289 g/mol. The number of urea groups is 1. The van der Waals surface area contributed by atoms with Crippen LogP contribution in [0.15, 0.2) is 5.38 Å². The molecule has 1 heterocycles. The minimum atomic E-state index is -1.06. The molecule has 0 spiro atoms. The Balaban J connectivity index is 2.46. The molecule has 0 aliphatic rings. The minimum absolute atomic E-state index is 0.00596. The zero-order chi connectivity index (χ0) is 13.5. The molecule has 100 valence electrons. The second-order valence-corrected chi connectivity index (χ2v) is 5.37. The highest BCUT2D eigenvalue weighted by Crippen LogP contribution is 2.17. The molecule has 2 amide bonds. The molecule has 6 nitrogen and oxygen atoms in total. The van der Waals surface area contributed by atoms with E-state index in [1.54, 1.807) is 18.7 Å². The molecule has 1 rings (SSSR count). The van der Waals surface area contributed by atoms with E-state index in [0.717, 1.165) is 5.75 Å². The van der Waals surface area contributed by atoms with E-state index < -0.39 is 5.97 Å². The van der Waals surface area contributed by atoms with Gasteiger partial charge < -0.3 is 15.7 Å². The quantitative estimate of drug-likeness (QED) is 0.691. The maximum absolute atomic E-state index is 11.5. The first-order chi connectivity index (χ1) is 8.54. The van der Waals surface area contributed by atoms with Crippen molar-refractivity contribution in [3.8, 4) is 0 Å². The van der Waals surface area contributed by atoms with E-state index >= 15 is 0 Å². The fourth-order valence-corrected chi connectivity index (χ4v) is 2.27. The zero-order valence-corrected chi connectivity index (χ0v) is 11.7. The largest absolute Gasteiger partial charge is 0.476 e. The molecule has 1 unspecified atom stereocenters. The Morgan fingerprint density at radius 2 is 2.33 bits per heavy atom. The third-order valence-corrected chi connectivity index (χ3v) is 3.69. The predicted octanol–water partition coefficient (Wildman–Crippen LogP) is 1.56. The summed E-state index contributed by atoms with van der Waals surface area (Å²) in [7, 11) is 0. The summed E-state index contributed by atoms with van der Waals surface area (Å²) in [6, 6.07) is -0.582. The molecule has 0 radical (unpaired) electrons. The number of amides is 2. The van der Waals surface area contributed by atoms with Crippen LogP contribution in [0.3, 0.4) is 0 Å². The molecular formula is C10H15N3O3S2. The normalized spacial score (nSPS) is 11.9. The number of aromatic carboxylic acids is 1. The van der Waals surface area contributed by atoms with Crippen molar-refractivity contribution in [2.24, 2.45) is 0 Å². The molecule has 0 aliphatic carbocycles. The molecule has 0 fully saturated rings. The summed E-state index contributed by atoms with van der Waals surface area (Å²) >= 11 is 2.87. The lowest BCUT2D eigenvalue weighted by Gasteiger charge is -2.11. The van der Waals surface area contributed by atoms with Gasteiger partial charge in [-0.15, -0.1) is 11.3 Å². The maximum atomic E-state index is 11.5. The highest BCUT2D eigenvalue weighted by molar-refractivity contribution is 7.98. The molecule has 0 saturated carbocycles. The first-order valence-corrected chi connectivity index (χ1v) is 7.54. The maximum Gasteiger partial charge on any atom is 0.355 e.